The average Bonchev–Trinajstić information content (AvgIpc) is 2.93. The Labute approximate surface area is 135 Å². The number of rotatable bonds is 4. The van der Waals surface area contributed by atoms with Crippen molar-refractivity contribution in [1.82, 2.24) is 10.5 Å². The van der Waals surface area contributed by atoms with Crippen molar-refractivity contribution in [3.63, 3.8) is 0 Å². The van der Waals surface area contributed by atoms with E-state index >= 15 is 0 Å². The maximum absolute atomic E-state index is 12.6. The number of aromatic nitrogens is 1. The minimum absolute atomic E-state index is 0.0589. The molecule has 1 N–H and O–H groups in total. The van der Waals surface area contributed by atoms with E-state index in [-0.39, 0.29) is 17.1 Å². The molecular weight excluding hydrogens is 320 g/mol. The van der Waals surface area contributed by atoms with E-state index in [9.17, 15) is 9.59 Å². The third-order valence-corrected chi connectivity index (χ3v) is 6.08. The van der Waals surface area contributed by atoms with Crippen molar-refractivity contribution in [2.24, 2.45) is 0 Å². The summed E-state index contributed by atoms with van der Waals surface area (Å²) in [4.78, 5) is 25.2. The highest BCUT2D eigenvalue weighted by Gasteiger charge is 2.54. The first-order chi connectivity index (χ1) is 10.7. The normalized spacial score (nSPS) is 22.7. The zero-order chi connectivity index (χ0) is 15.2. The van der Waals surface area contributed by atoms with E-state index in [2.05, 4.69) is 10.5 Å². The lowest BCUT2D eigenvalue weighted by Crippen LogP contribution is -2.43. The molecule has 1 atom stereocenters. The van der Waals surface area contributed by atoms with Crippen LogP contribution in [0, 0.1) is 0 Å². The van der Waals surface area contributed by atoms with E-state index in [0.29, 0.717) is 17.9 Å². The molecule has 5 nitrogen and oxygen atoms in total. The number of amides is 1. The molecule has 1 saturated carbocycles. The summed E-state index contributed by atoms with van der Waals surface area (Å²) in [5, 5.41) is 9.02. The molecule has 114 valence electrons. The highest BCUT2D eigenvalue weighted by molar-refractivity contribution is 8.14. The van der Waals surface area contributed by atoms with Crippen molar-refractivity contribution >= 4 is 34.1 Å². The highest BCUT2D eigenvalue weighted by atomic mass is 32.2. The Morgan fingerprint density at radius 1 is 1.45 bits per heavy atom. The van der Waals surface area contributed by atoms with Crippen molar-refractivity contribution in [3.8, 4) is 10.6 Å². The molecule has 3 heterocycles. The largest absolute Gasteiger partial charge is 0.355 e. The highest BCUT2D eigenvalue weighted by Crippen LogP contribution is 2.49. The summed E-state index contributed by atoms with van der Waals surface area (Å²) in [7, 11) is 0. The van der Waals surface area contributed by atoms with E-state index in [1.807, 2.05) is 23.6 Å². The summed E-state index contributed by atoms with van der Waals surface area (Å²) in [6, 6.07) is 5.41. The predicted molar refractivity (Wildman–Crippen MR) is 84.7 cm³/mol. The summed E-state index contributed by atoms with van der Waals surface area (Å²) < 4.78 is 5.39. The average molecular weight is 334 g/mol. The monoisotopic (exact) mass is 334 g/mol. The van der Waals surface area contributed by atoms with Gasteiger partial charge in [0.1, 0.15) is 0 Å². The Bertz CT molecular complexity index is 719. The number of hydrogen-bond acceptors (Lipinski definition) is 6. The minimum atomic E-state index is -0.605. The van der Waals surface area contributed by atoms with Crippen molar-refractivity contribution in [2.75, 3.05) is 5.75 Å². The fourth-order valence-corrected chi connectivity index (χ4v) is 4.29. The van der Waals surface area contributed by atoms with E-state index in [4.69, 9.17) is 4.52 Å². The Balaban J connectivity index is 1.54. The van der Waals surface area contributed by atoms with Crippen molar-refractivity contribution < 1.29 is 14.1 Å². The number of nitrogens with one attached hydrogen (secondary N) is 1. The molecule has 4 rings (SSSR count). The second-order valence-corrected chi connectivity index (χ2v) is 7.67. The van der Waals surface area contributed by atoms with Crippen molar-refractivity contribution in [2.45, 2.75) is 30.7 Å². The standard InChI is InChI=1S/C15H14N2O3S2/c18-13-9(3-7-22-13)16-14(19)15(4-5-15)12-8-10(20-17-12)11-2-1-6-21-11/h1-2,6,8-9H,3-5,7H2,(H,16,19). The lowest BCUT2D eigenvalue weighted by atomic mass is 10.0. The first-order valence-corrected chi connectivity index (χ1v) is 9.04. The van der Waals surface area contributed by atoms with Crippen LogP contribution in [0.2, 0.25) is 0 Å². The van der Waals surface area contributed by atoms with Crippen LogP contribution < -0.4 is 5.32 Å². The summed E-state index contributed by atoms with van der Waals surface area (Å²) in [6.45, 7) is 0. The Kier molecular flexibility index (Phi) is 3.34. The van der Waals surface area contributed by atoms with Gasteiger partial charge in [0, 0.05) is 11.8 Å². The topological polar surface area (TPSA) is 72.2 Å². The molecule has 1 saturated heterocycles. The third kappa shape index (κ3) is 2.28. The van der Waals surface area contributed by atoms with Crippen molar-refractivity contribution in [1.29, 1.82) is 0 Å². The van der Waals surface area contributed by atoms with Gasteiger partial charge in [-0.05, 0) is 30.7 Å². The number of thiophene rings is 1. The molecule has 1 aliphatic heterocycles. The van der Waals surface area contributed by atoms with Gasteiger partial charge < -0.3 is 9.84 Å². The molecule has 2 aromatic heterocycles. The molecule has 2 aliphatic rings. The molecule has 1 unspecified atom stereocenters. The minimum Gasteiger partial charge on any atom is -0.355 e. The third-order valence-electron chi connectivity index (χ3n) is 4.19. The Morgan fingerprint density at radius 3 is 2.95 bits per heavy atom. The summed E-state index contributed by atoms with van der Waals surface area (Å²) in [5.41, 5.74) is 0.0681. The van der Waals surface area contributed by atoms with E-state index in [0.717, 1.165) is 23.5 Å². The smallest absolute Gasteiger partial charge is 0.233 e. The Morgan fingerprint density at radius 2 is 2.32 bits per heavy atom. The van der Waals surface area contributed by atoms with Crippen molar-refractivity contribution in [3.05, 3.63) is 29.3 Å². The molecule has 2 fully saturated rings. The van der Waals surface area contributed by atoms with E-state index in [1.54, 1.807) is 11.3 Å². The van der Waals surface area contributed by atoms with Crippen LogP contribution in [0.3, 0.4) is 0 Å². The molecule has 2 aromatic rings. The van der Waals surface area contributed by atoms with Gasteiger partial charge in [-0.15, -0.1) is 11.3 Å². The maximum Gasteiger partial charge on any atom is 0.233 e. The Hall–Kier alpha value is -1.60. The SMILES string of the molecule is O=C1SCCC1NC(=O)C1(c2cc(-c3cccs3)on2)CC1. The van der Waals surface area contributed by atoms with Gasteiger partial charge in [0.25, 0.3) is 0 Å². The molecule has 7 heteroatoms. The lowest BCUT2D eigenvalue weighted by molar-refractivity contribution is -0.126. The molecular formula is C15H14N2O3S2. The van der Waals surface area contributed by atoms with E-state index in [1.165, 1.54) is 11.8 Å². The summed E-state index contributed by atoms with van der Waals surface area (Å²) >= 11 is 2.86. The molecule has 22 heavy (non-hydrogen) atoms. The number of nitrogens with zero attached hydrogens (tertiary/aromatic N) is 1. The molecule has 0 radical (unpaired) electrons. The second-order valence-electron chi connectivity index (χ2n) is 5.62. The first kappa shape index (κ1) is 14.0. The van der Waals surface area contributed by atoms with Gasteiger partial charge in [0.2, 0.25) is 11.0 Å². The first-order valence-electron chi connectivity index (χ1n) is 7.18. The van der Waals surface area contributed by atoms with Crippen LogP contribution in [-0.4, -0.2) is 28.0 Å². The zero-order valence-corrected chi connectivity index (χ0v) is 13.3. The van der Waals surface area contributed by atoms with Crippen LogP contribution in [0.1, 0.15) is 25.0 Å². The van der Waals surface area contributed by atoms with Gasteiger partial charge in [-0.25, -0.2) is 0 Å². The van der Waals surface area contributed by atoms with Crippen LogP contribution in [0.15, 0.2) is 28.1 Å². The predicted octanol–water partition coefficient (Wildman–Crippen LogP) is 2.58. The number of carbonyl (C=O) groups excluding carboxylic acids is 2. The number of thioether (sulfide) groups is 1. The maximum atomic E-state index is 12.6. The van der Waals surface area contributed by atoms with Gasteiger partial charge in [0.15, 0.2) is 5.76 Å². The second kappa shape index (κ2) is 5.24. The van der Waals surface area contributed by atoms with Gasteiger partial charge in [-0.2, -0.15) is 0 Å². The van der Waals surface area contributed by atoms with Crippen LogP contribution >= 0.6 is 23.1 Å². The number of carbonyl (C=O) groups is 2. The number of hydrogen-bond donors (Lipinski definition) is 1. The fourth-order valence-electron chi connectivity index (χ4n) is 2.68. The lowest BCUT2D eigenvalue weighted by Gasteiger charge is -2.15. The van der Waals surface area contributed by atoms with Gasteiger partial charge >= 0.3 is 0 Å². The van der Waals surface area contributed by atoms with Gasteiger partial charge in [0.05, 0.1) is 22.0 Å². The van der Waals surface area contributed by atoms with Gasteiger partial charge in [-0.1, -0.05) is 23.0 Å². The van der Waals surface area contributed by atoms with Crippen LogP contribution in [-0.2, 0) is 15.0 Å². The van der Waals surface area contributed by atoms with Crippen LogP contribution in [0.25, 0.3) is 10.6 Å². The zero-order valence-electron chi connectivity index (χ0n) is 11.7. The van der Waals surface area contributed by atoms with E-state index < -0.39 is 5.41 Å². The molecule has 0 bridgehead atoms. The summed E-state index contributed by atoms with van der Waals surface area (Å²) in [6.07, 6.45) is 2.22. The quantitative estimate of drug-likeness (QED) is 0.930. The fraction of sp³-hybridized carbons (Fsp3) is 0.400. The molecule has 1 aliphatic carbocycles. The molecule has 0 aromatic carbocycles. The van der Waals surface area contributed by atoms with Crippen LogP contribution in [0.5, 0.6) is 0 Å². The van der Waals surface area contributed by atoms with Crippen LogP contribution in [0.4, 0.5) is 0 Å². The molecule has 1 amide bonds. The van der Waals surface area contributed by atoms with Gasteiger partial charge in [-0.3, -0.25) is 9.59 Å². The summed E-state index contributed by atoms with van der Waals surface area (Å²) in [5.74, 6) is 1.37. The molecule has 0 spiro atoms.